The van der Waals surface area contributed by atoms with Gasteiger partial charge in [-0.2, -0.15) is 0 Å². The second-order valence-corrected chi connectivity index (χ2v) is 6.87. The van der Waals surface area contributed by atoms with Gasteiger partial charge in [-0.1, -0.05) is 37.6 Å². The topological polar surface area (TPSA) is 29.1 Å². The first-order valence-electron chi connectivity index (χ1n) is 6.61. The Balaban J connectivity index is 2.86. The fourth-order valence-electron chi connectivity index (χ4n) is 2.06. The minimum Gasteiger partial charge on any atom is -0.312 e. The molecule has 3 unspecified atom stereocenters. The molecular formula is C15H25NOS. The van der Waals surface area contributed by atoms with Crippen LogP contribution in [0.3, 0.4) is 0 Å². The van der Waals surface area contributed by atoms with Gasteiger partial charge in [-0.05, 0) is 38.4 Å². The minimum atomic E-state index is -0.771. The van der Waals surface area contributed by atoms with Gasteiger partial charge in [0.2, 0.25) is 0 Å². The molecule has 3 atom stereocenters. The van der Waals surface area contributed by atoms with Crippen molar-refractivity contribution in [2.24, 2.45) is 0 Å². The van der Waals surface area contributed by atoms with Gasteiger partial charge >= 0.3 is 0 Å². The Morgan fingerprint density at radius 3 is 2.50 bits per heavy atom. The summed E-state index contributed by atoms with van der Waals surface area (Å²) in [6.45, 7) is 8.38. The van der Waals surface area contributed by atoms with Crippen molar-refractivity contribution in [3.63, 3.8) is 0 Å². The summed E-state index contributed by atoms with van der Waals surface area (Å²) in [5, 5.41) is 3.57. The van der Waals surface area contributed by atoms with Crippen molar-refractivity contribution in [3.8, 4) is 0 Å². The van der Waals surface area contributed by atoms with Crippen molar-refractivity contribution in [2.75, 3.05) is 12.8 Å². The van der Waals surface area contributed by atoms with Crippen LogP contribution in [0.5, 0.6) is 0 Å². The van der Waals surface area contributed by atoms with Crippen molar-refractivity contribution in [1.82, 2.24) is 5.32 Å². The van der Waals surface area contributed by atoms with Crippen LogP contribution in [0, 0.1) is 13.8 Å². The summed E-state index contributed by atoms with van der Waals surface area (Å²) >= 11 is 0. The number of nitrogens with one attached hydrogen (secondary N) is 1. The summed E-state index contributed by atoms with van der Waals surface area (Å²) < 4.78 is 12.2. The van der Waals surface area contributed by atoms with Crippen molar-refractivity contribution in [2.45, 2.75) is 45.4 Å². The maximum absolute atomic E-state index is 12.2. The predicted octanol–water partition coefficient (Wildman–Crippen LogP) is 3.11. The molecule has 18 heavy (non-hydrogen) atoms. The maximum atomic E-state index is 12.2. The van der Waals surface area contributed by atoms with E-state index in [9.17, 15) is 4.21 Å². The normalized spacial score (nSPS) is 16.3. The summed E-state index contributed by atoms with van der Waals surface area (Å²) in [4.78, 5) is 0. The van der Waals surface area contributed by atoms with Crippen LogP contribution >= 0.6 is 0 Å². The highest BCUT2D eigenvalue weighted by atomic mass is 32.2. The maximum Gasteiger partial charge on any atom is 0.0437 e. The molecule has 2 nitrogen and oxygen atoms in total. The lowest BCUT2D eigenvalue weighted by molar-refractivity contribution is 0.625. The van der Waals surface area contributed by atoms with Gasteiger partial charge in [-0.25, -0.2) is 0 Å². The molecule has 0 aliphatic carbocycles. The lowest BCUT2D eigenvalue weighted by atomic mass is 10.0. The molecule has 0 bridgehead atoms. The van der Waals surface area contributed by atoms with E-state index in [1.165, 1.54) is 16.7 Å². The monoisotopic (exact) mass is 267 g/mol. The van der Waals surface area contributed by atoms with Gasteiger partial charge in [0, 0.05) is 27.8 Å². The van der Waals surface area contributed by atoms with Gasteiger partial charge < -0.3 is 5.32 Å². The van der Waals surface area contributed by atoms with Crippen LogP contribution in [0.15, 0.2) is 18.2 Å². The highest BCUT2D eigenvalue weighted by Gasteiger charge is 2.18. The average Bonchev–Trinajstić information content (AvgIpc) is 2.35. The minimum absolute atomic E-state index is 0.181. The fraction of sp³-hybridized carbons (Fsp3) is 0.600. The van der Waals surface area contributed by atoms with E-state index in [4.69, 9.17) is 0 Å². The molecule has 1 rings (SSSR count). The third kappa shape index (κ3) is 3.92. The van der Waals surface area contributed by atoms with Crippen LogP contribution < -0.4 is 5.32 Å². The Bertz CT molecular complexity index is 417. The Kier molecular flexibility index (Phi) is 6.03. The number of aryl methyl sites for hydroxylation is 2. The lowest BCUT2D eigenvalue weighted by Crippen LogP contribution is -2.26. The smallest absolute Gasteiger partial charge is 0.0437 e. The molecule has 1 N–H and O–H groups in total. The van der Waals surface area contributed by atoms with Gasteiger partial charge in [0.1, 0.15) is 0 Å². The van der Waals surface area contributed by atoms with Gasteiger partial charge in [0.05, 0.1) is 0 Å². The highest BCUT2D eigenvalue weighted by Crippen LogP contribution is 2.20. The van der Waals surface area contributed by atoms with Crippen molar-refractivity contribution in [3.05, 3.63) is 34.9 Å². The number of rotatable bonds is 6. The lowest BCUT2D eigenvalue weighted by Gasteiger charge is -2.20. The van der Waals surface area contributed by atoms with E-state index in [0.29, 0.717) is 5.75 Å². The average molecular weight is 267 g/mol. The molecule has 0 spiro atoms. The first kappa shape index (κ1) is 15.4. The zero-order chi connectivity index (χ0) is 13.7. The summed E-state index contributed by atoms with van der Waals surface area (Å²) in [5.41, 5.74) is 3.81. The summed E-state index contributed by atoms with van der Waals surface area (Å²) in [5.74, 6) is 0.690. The van der Waals surface area contributed by atoms with E-state index in [2.05, 4.69) is 51.2 Å². The predicted molar refractivity (Wildman–Crippen MR) is 80.5 cm³/mol. The second-order valence-electron chi connectivity index (χ2n) is 4.97. The Hall–Kier alpha value is -0.670. The number of hydrogen-bond acceptors (Lipinski definition) is 2. The third-order valence-corrected chi connectivity index (χ3v) is 5.40. The number of benzene rings is 1. The molecule has 0 aliphatic heterocycles. The van der Waals surface area contributed by atoms with Gasteiger partial charge in [-0.15, -0.1) is 0 Å². The van der Waals surface area contributed by atoms with Gasteiger partial charge in [-0.3, -0.25) is 4.21 Å². The summed E-state index contributed by atoms with van der Waals surface area (Å²) in [6, 6.07) is 6.64. The van der Waals surface area contributed by atoms with Crippen LogP contribution in [-0.4, -0.2) is 22.3 Å². The van der Waals surface area contributed by atoms with Crippen LogP contribution in [0.4, 0.5) is 0 Å². The van der Waals surface area contributed by atoms with Crippen LogP contribution in [0.1, 0.15) is 43.0 Å². The van der Waals surface area contributed by atoms with E-state index in [-0.39, 0.29) is 11.3 Å². The molecule has 0 radical (unpaired) electrons. The van der Waals surface area contributed by atoms with Gasteiger partial charge in [0.15, 0.2) is 0 Å². The summed E-state index contributed by atoms with van der Waals surface area (Å²) in [6.07, 6.45) is 0.968. The molecule has 102 valence electrons. The largest absolute Gasteiger partial charge is 0.312 e. The Labute approximate surface area is 114 Å². The molecule has 0 aliphatic rings. The SMILES string of the molecule is CCC(C)S(=O)CC(NC)c1ccc(C)cc1C. The van der Waals surface area contributed by atoms with E-state index in [0.717, 1.165) is 6.42 Å². The van der Waals surface area contributed by atoms with E-state index >= 15 is 0 Å². The standard InChI is InChI=1S/C15H25NOS/c1-6-13(4)18(17)10-15(16-5)14-8-7-11(2)9-12(14)3/h7-9,13,15-16H,6,10H2,1-5H3. The zero-order valence-corrected chi connectivity index (χ0v) is 12.9. The number of hydrogen-bond donors (Lipinski definition) is 1. The van der Waals surface area contributed by atoms with Crippen LogP contribution in [-0.2, 0) is 10.8 Å². The van der Waals surface area contributed by atoms with Crippen LogP contribution in [0.25, 0.3) is 0 Å². The van der Waals surface area contributed by atoms with Crippen LogP contribution in [0.2, 0.25) is 0 Å². The molecule has 1 aromatic carbocycles. The molecule has 3 heteroatoms. The van der Waals surface area contributed by atoms with E-state index in [1.807, 2.05) is 7.05 Å². The molecular weight excluding hydrogens is 242 g/mol. The summed E-state index contributed by atoms with van der Waals surface area (Å²) in [7, 11) is 1.17. The highest BCUT2D eigenvalue weighted by molar-refractivity contribution is 7.85. The Morgan fingerprint density at radius 2 is 2.00 bits per heavy atom. The van der Waals surface area contributed by atoms with Gasteiger partial charge in [0.25, 0.3) is 0 Å². The van der Waals surface area contributed by atoms with Crippen molar-refractivity contribution >= 4 is 10.8 Å². The van der Waals surface area contributed by atoms with Crippen molar-refractivity contribution in [1.29, 1.82) is 0 Å². The zero-order valence-electron chi connectivity index (χ0n) is 12.1. The fourth-order valence-corrected chi connectivity index (χ4v) is 3.43. The molecule has 0 fully saturated rings. The molecule has 0 saturated carbocycles. The van der Waals surface area contributed by atoms with Crippen molar-refractivity contribution < 1.29 is 4.21 Å². The van der Waals surface area contributed by atoms with E-state index in [1.54, 1.807) is 0 Å². The first-order valence-corrected chi connectivity index (χ1v) is 7.99. The first-order chi connectivity index (χ1) is 8.49. The molecule has 1 aromatic rings. The Morgan fingerprint density at radius 1 is 1.33 bits per heavy atom. The molecule has 0 saturated heterocycles. The van der Waals surface area contributed by atoms with E-state index < -0.39 is 10.8 Å². The third-order valence-electron chi connectivity index (χ3n) is 3.50. The molecule has 0 heterocycles. The quantitative estimate of drug-likeness (QED) is 0.858. The second kappa shape index (κ2) is 7.05. The molecule has 0 amide bonds. The molecule has 0 aromatic heterocycles.